The lowest BCUT2D eigenvalue weighted by Crippen LogP contribution is -2.00. The molecule has 0 aliphatic carbocycles. The van der Waals surface area contributed by atoms with Crippen LogP contribution in [-0.4, -0.2) is 16.1 Å². The van der Waals surface area contributed by atoms with E-state index in [1.165, 1.54) is 11.8 Å². The van der Waals surface area contributed by atoms with Crippen molar-refractivity contribution in [1.29, 1.82) is 0 Å². The summed E-state index contributed by atoms with van der Waals surface area (Å²) in [5.74, 6) is -0.934. The van der Waals surface area contributed by atoms with Gasteiger partial charge in [0.25, 0.3) is 0 Å². The van der Waals surface area contributed by atoms with Gasteiger partial charge in [0.1, 0.15) is 0 Å². The Hall–Kier alpha value is -1.72. The van der Waals surface area contributed by atoms with Gasteiger partial charge in [-0.25, -0.2) is 4.79 Å². The zero-order chi connectivity index (χ0) is 14.1. The Morgan fingerprint density at radius 3 is 2.70 bits per heavy atom. The van der Waals surface area contributed by atoms with Crippen LogP contribution in [0.1, 0.15) is 10.4 Å². The van der Waals surface area contributed by atoms with Crippen LogP contribution in [0.3, 0.4) is 0 Å². The number of para-hydroxylation sites is 1. The SMILES string of the molecule is O=C(O)c1c(Br)cccc1Sc1cc2ccccc2[nH]1. The van der Waals surface area contributed by atoms with Crippen LogP contribution in [0.15, 0.2) is 62.9 Å². The number of carbonyl (C=O) groups is 1. The number of aromatic nitrogens is 1. The molecule has 0 aliphatic heterocycles. The topological polar surface area (TPSA) is 53.1 Å². The second kappa shape index (κ2) is 5.34. The minimum atomic E-state index is -0.934. The van der Waals surface area contributed by atoms with Crippen LogP contribution in [-0.2, 0) is 0 Å². The van der Waals surface area contributed by atoms with Crippen LogP contribution < -0.4 is 0 Å². The summed E-state index contributed by atoms with van der Waals surface area (Å²) in [7, 11) is 0. The summed E-state index contributed by atoms with van der Waals surface area (Å²) in [4.78, 5) is 15.3. The van der Waals surface area contributed by atoms with Gasteiger partial charge in [-0.1, -0.05) is 36.0 Å². The van der Waals surface area contributed by atoms with Gasteiger partial charge in [0, 0.05) is 20.3 Å². The van der Waals surface area contributed by atoms with Crippen LogP contribution >= 0.6 is 27.7 Å². The van der Waals surface area contributed by atoms with E-state index >= 15 is 0 Å². The summed E-state index contributed by atoms with van der Waals surface area (Å²) >= 11 is 4.71. The number of benzene rings is 2. The van der Waals surface area contributed by atoms with Crippen molar-refractivity contribution in [2.45, 2.75) is 9.92 Å². The van der Waals surface area contributed by atoms with E-state index in [1.807, 2.05) is 42.5 Å². The molecule has 0 unspecified atom stereocenters. The van der Waals surface area contributed by atoms with Crippen molar-refractivity contribution in [2.24, 2.45) is 0 Å². The maximum absolute atomic E-state index is 11.4. The number of H-pyrrole nitrogens is 1. The molecule has 0 atom stereocenters. The average Bonchev–Trinajstić information content (AvgIpc) is 2.80. The Kier molecular flexibility index (Phi) is 3.54. The molecule has 1 heterocycles. The van der Waals surface area contributed by atoms with Crippen LogP contribution in [0.25, 0.3) is 10.9 Å². The van der Waals surface area contributed by atoms with Gasteiger partial charge in [0.15, 0.2) is 0 Å². The van der Waals surface area contributed by atoms with Gasteiger partial charge in [0.2, 0.25) is 0 Å². The van der Waals surface area contributed by atoms with Crippen molar-refractivity contribution >= 4 is 44.6 Å². The summed E-state index contributed by atoms with van der Waals surface area (Å²) in [5, 5.41) is 11.3. The number of carboxylic acid groups (broad SMARTS) is 1. The molecule has 100 valence electrons. The number of halogens is 1. The van der Waals surface area contributed by atoms with E-state index in [2.05, 4.69) is 20.9 Å². The van der Waals surface area contributed by atoms with Crippen LogP contribution in [0, 0.1) is 0 Å². The summed E-state index contributed by atoms with van der Waals surface area (Å²) in [6, 6.07) is 15.4. The third-order valence-corrected chi connectivity index (χ3v) is 4.58. The van der Waals surface area contributed by atoms with Gasteiger partial charge in [-0.15, -0.1) is 0 Å². The zero-order valence-electron chi connectivity index (χ0n) is 10.3. The highest BCUT2D eigenvalue weighted by atomic mass is 79.9. The van der Waals surface area contributed by atoms with Crippen molar-refractivity contribution in [3.63, 3.8) is 0 Å². The molecule has 0 saturated carbocycles. The number of aromatic carboxylic acids is 1. The molecule has 2 aromatic carbocycles. The van der Waals surface area contributed by atoms with Crippen LogP contribution in [0.2, 0.25) is 0 Å². The van der Waals surface area contributed by atoms with Crippen molar-refractivity contribution < 1.29 is 9.90 Å². The van der Waals surface area contributed by atoms with Gasteiger partial charge < -0.3 is 10.1 Å². The molecular weight excluding hydrogens is 338 g/mol. The third-order valence-electron chi connectivity index (χ3n) is 2.91. The van der Waals surface area contributed by atoms with E-state index in [9.17, 15) is 9.90 Å². The fourth-order valence-electron chi connectivity index (χ4n) is 2.02. The Bertz CT molecular complexity index is 764. The smallest absolute Gasteiger partial charge is 0.338 e. The van der Waals surface area contributed by atoms with E-state index in [1.54, 1.807) is 6.07 Å². The highest BCUT2D eigenvalue weighted by molar-refractivity contribution is 9.10. The van der Waals surface area contributed by atoms with Gasteiger partial charge in [-0.3, -0.25) is 0 Å². The van der Waals surface area contributed by atoms with Gasteiger partial charge in [0.05, 0.1) is 10.6 Å². The van der Waals surface area contributed by atoms with Crippen LogP contribution in [0.4, 0.5) is 0 Å². The lowest BCUT2D eigenvalue weighted by Gasteiger charge is -2.06. The Balaban J connectivity index is 2.02. The standard InChI is InChI=1S/C15H10BrNO2S/c16-10-5-3-7-12(14(10)15(18)19)20-13-8-9-4-1-2-6-11(9)17-13/h1-8,17H,(H,18,19). The highest BCUT2D eigenvalue weighted by Crippen LogP contribution is 2.34. The minimum Gasteiger partial charge on any atom is -0.478 e. The molecule has 0 saturated heterocycles. The van der Waals surface area contributed by atoms with Gasteiger partial charge in [-0.05, 0) is 40.2 Å². The Morgan fingerprint density at radius 2 is 1.95 bits per heavy atom. The molecule has 5 heteroatoms. The first-order valence-corrected chi connectivity index (χ1v) is 7.53. The van der Waals surface area contributed by atoms with Gasteiger partial charge >= 0.3 is 5.97 Å². The van der Waals surface area contributed by atoms with Crippen molar-refractivity contribution in [3.8, 4) is 0 Å². The van der Waals surface area contributed by atoms with Gasteiger partial charge in [-0.2, -0.15) is 0 Å². The van der Waals surface area contributed by atoms with Crippen molar-refractivity contribution in [3.05, 3.63) is 58.6 Å². The number of hydrogen-bond acceptors (Lipinski definition) is 2. The normalized spacial score (nSPS) is 10.8. The molecule has 3 nitrogen and oxygen atoms in total. The average molecular weight is 348 g/mol. The lowest BCUT2D eigenvalue weighted by molar-refractivity contribution is 0.0692. The zero-order valence-corrected chi connectivity index (χ0v) is 12.7. The van der Waals surface area contributed by atoms with E-state index in [0.717, 1.165) is 15.9 Å². The summed E-state index contributed by atoms with van der Waals surface area (Å²) in [5.41, 5.74) is 1.33. The second-order valence-corrected chi connectivity index (χ2v) is 6.18. The maximum Gasteiger partial charge on any atom is 0.338 e. The fourth-order valence-corrected chi connectivity index (χ4v) is 3.71. The molecular formula is C15H10BrNO2S. The molecule has 0 fully saturated rings. The molecule has 0 amide bonds. The lowest BCUT2D eigenvalue weighted by atomic mass is 10.2. The molecule has 0 bridgehead atoms. The highest BCUT2D eigenvalue weighted by Gasteiger charge is 2.15. The number of hydrogen-bond donors (Lipinski definition) is 2. The summed E-state index contributed by atoms with van der Waals surface area (Å²) in [6.45, 7) is 0. The number of rotatable bonds is 3. The number of aromatic amines is 1. The molecule has 20 heavy (non-hydrogen) atoms. The number of nitrogens with one attached hydrogen (secondary N) is 1. The van der Waals surface area contributed by atoms with Crippen molar-refractivity contribution in [1.82, 2.24) is 4.98 Å². The molecule has 0 aliphatic rings. The fraction of sp³-hybridized carbons (Fsp3) is 0. The molecule has 0 spiro atoms. The third kappa shape index (κ3) is 2.46. The second-order valence-electron chi connectivity index (χ2n) is 4.24. The first-order chi connectivity index (χ1) is 9.65. The van der Waals surface area contributed by atoms with E-state index in [-0.39, 0.29) is 5.56 Å². The van der Waals surface area contributed by atoms with E-state index in [4.69, 9.17) is 0 Å². The predicted molar refractivity (Wildman–Crippen MR) is 83.5 cm³/mol. The van der Waals surface area contributed by atoms with E-state index in [0.29, 0.717) is 9.37 Å². The molecule has 0 radical (unpaired) electrons. The Labute approximate surface area is 128 Å². The Morgan fingerprint density at radius 1 is 1.15 bits per heavy atom. The predicted octanol–water partition coefficient (Wildman–Crippen LogP) is 4.78. The molecule has 3 aromatic rings. The first kappa shape index (κ1) is 13.3. The first-order valence-electron chi connectivity index (χ1n) is 5.92. The quantitative estimate of drug-likeness (QED) is 0.716. The molecule has 2 N–H and O–H groups in total. The molecule has 1 aromatic heterocycles. The number of fused-ring (bicyclic) bond motifs is 1. The summed E-state index contributed by atoms with van der Waals surface area (Å²) < 4.78 is 0.589. The molecule has 3 rings (SSSR count). The minimum absolute atomic E-state index is 0.288. The van der Waals surface area contributed by atoms with Crippen LogP contribution in [0.5, 0.6) is 0 Å². The number of carboxylic acids is 1. The van der Waals surface area contributed by atoms with Crippen molar-refractivity contribution in [2.75, 3.05) is 0 Å². The van der Waals surface area contributed by atoms with E-state index < -0.39 is 5.97 Å². The largest absolute Gasteiger partial charge is 0.478 e. The summed E-state index contributed by atoms with van der Waals surface area (Å²) in [6.07, 6.45) is 0. The monoisotopic (exact) mass is 347 g/mol. The maximum atomic E-state index is 11.4.